The van der Waals surface area contributed by atoms with Crippen molar-refractivity contribution in [2.75, 3.05) is 0 Å². The summed E-state index contributed by atoms with van der Waals surface area (Å²) in [5.74, 6) is -0.531. The van der Waals surface area contributed by atoms with Crippen LogP contribution in [-0.4, -0.2) is 0 Å². The molecule has 1 aliphatic rings. The molecule has 2 heteroatoms. The lowest BCUT2D eigenvalue weighted by molar-refractivity contribution is 0.627. The van der Waals surface area contributed by atoms with Crippen LogP contribution < -0.4 is 0 Å². The highest BCUT2D eigenvalue weighted by atomic mass is 19.1. The second-order valence-corrected chi connectivity index (χ2v) is 9.18. The van der Waals surface area contributed by atoms with Gasteiger partial charge in [0.25, 0.3) is 0 Å². The first-order valence-corrected chi connectivity index (χ1v) is 12.0. The Kier molecular flexibility index (Phi) is 4.62. The highest BCUT2D eigenvalue weighted by Gasteiger charge is 2.24. The maximum absolute atomic E-state index is 13.8. The van der Waals surface area contributed by atoms with Crippen LogP contribution in [0.3, 0.4) is 0 Å². The van der Waals surface area contributed by atoms with E-state index in [1.807, 2.05) is 30.3 Å². The van der Waals surface area contributed by atoms with Gasteiger partial charge in [-0.05, 0) is 90.7 Å². The highest BCUT2D eigenvalue weighted by Crippen LogP contribution is 2.51. The molecule has 0 unspecified atom stereocenters. The summed E-state index contributed by atoms with van der Waals surface area (Å²) in [7, 11) is 0. The van der Waals surface area contributed by atoms with Gasteiger partial charge < -0.3 is 0 Å². The Balaban J connectivity index is 1.57. The molecule has 0 aromatic heterocycles. The molecule has 0 saturated heterocycles. The zero-order chi connectivity index (χ0) is 24.2. The zero-order valence-electron chi connectivity index (χ0n) is 19.3. The molecule has 0 heterocycles. The Morgan fingerprint density at radius 2 is 0.778 bits per heavy atom. The van der Waals surface area contributed by atoms with Gasteiger partial charge in [-0.1, -0.05) is 97.1 Å². The van der Waals surface area contributed by atoms with Gasteiger partial charge in [0.05, 0.1) is 0 Å². The molecule has 170 valence electrons. The summed E-state index contributed by atoms with van der Waals surface area (Å²) in [4.78, 5) is 0. The lowest BCUT2D eigenvalue weighted by Gasteiger charge is -2.19. The minimum absolute atomic E-state index is 0.266. The van der Waals surface area contributed by atoms with Crippen molar-refractivity contribution in [3.8, 4) is 55.6 Å². The Bertz CT molecular complexity index is 1690. The smallest absolute Gasteiger partial charge is 0.123 e. The van der Waals surface area contributed by atoms with Gasteiger partial charge in [0, 0.05) is 0 Å². The highest BCUT2D eigenvalue weighted by molar-refractivity contribution is 6.20. The summed E-state index contributed by atoms with van der Waals surface area (Å²) in [6, 6.07) is 38.8. The quantitative estimate of drug-likeness (QED) is 0.243. The molecule has 36 heavy (non-hydrogen) atoms. The Hall–Kier alpha value is -4.56. The summed E-state index contributed by atoms with van der Waals surface area (Å²) in [5.41, 5.74) is 11.0. The topological polar surface area (TPSA) is 0 Å². The number of hydrogen-bond donors (Lipinski definition) is 0. The maximum atomic E-state index is 13.8. The van der Waals surface area contributed by atoms with Crippen LogP contribution in [0.5, 0.6) is 0 Å². The van der Waals surface area contributed by atoms with Crippen LogP contribution in [0.4, 0.5) is 8.78 Å². The molecule has 1 aliphatic carbocycles. The van der Waals surface area contributed by atoms with E-state index in [4.69, 9.17) is 0 Å². The summed E-state index contributed by atoms with van der Waals surface area (Å²) < 4.78 is 27.6. The van der Waals surface area contributed by atoms with Gasteiger partial charge in [-0.2, -0.15) is 0 Å². The van der Waals surface area contributed by atoms with Gasteiger partial charge >= 0.3 is 0 Å². The predicted molar refractivity (Wildman–Crippen MR) is 145 cm³/mol. The van der Waals surface area contributed by atoms with Crippen LogP contribution in [0.15, 0.2) is 121 Å². The summed E-state index contributed by atoms with van der Waals surface area (Å²) >= 11 is 0. The van der Waals surface area contributed by atoms with Crippen LogP contribution in [0.1, 0.15) is 0 Å². The van der Waals surface area contributed by atoms with Crippen molar-refractivity contribution in [3.63, 3.8) is 0 Å². The molecule has 0 atom stereocenters. The standard InChI is InChI=1S/C34H20F2/c35-23-15-11-21(12-16-23)25-7-3-8-26(22-13-17-24(36)18-14-22)33(25)32-20-19-31-28-6-2-1-5-27(28)29-9-4-10-30(32)34(29)31/h1-20H. The lowest BCUT2D eigenvalue weighted by Crippen LogP contribution is -1.92. The number of hydrogen-bond acceptors (Lipinski definition) is 0. The molecule has 0 radical (unpaired) electrons. The zero-order valence-corrected chi connectivity index (χ0v) is 19.3. The first-order valence-electron chi connectivity index (χ1n) is 12.0. The van der Waals surface area contributed by atoms with E-state index < -0.39 is 0 Å². The van der Waals surface area contributed by atoms with Gasteiger partial charge in [-0.3, -0.25) is 0 Å². The third-order valence-electron chi connectivity index (χ3n) is 7.19. The van der Waals surface area contributed by atoms with Crippen LogP contribution in [0.25, 0.3) is 66.4 Å². The average molecular weight is 467 g/mol. The van der Waals surface area contributed by atoms with Crippen LogP contribution in [-0.2, 0) is 0 Å². The lowest BCUT2D eigenvalue weighted by atomic mass is 9.85. The summed E-state index contributed by atoms with van der Waals surface area (Å²) in [6.45, 7) is 0. The van der Waals surface area contributed by atoms with Crippen molar-refractivity contribution in [3.05, 3.63) is 133 Å². The second-order valence-electron chi connectivity index (χ2n) is 9.18. The minimum Gasteiger partial charge on any atom is -0.207 e. The van der Waals surface area contributed by atoms with E-state index in [9.17, 15) is 8.78 Å². The van der Waals surface area contributed by atoms with E-state index in [0.717, 1.165) is 33.4 Å². The fourth-order valence-electron chi connectivity index (χ4n) is 5.61. The molecular formula is C34H20F2. The molecule has 6 aromatic rings. The van der Waals surface area contributed by atoms with E-state index in [-0.39, 0.29) is 11.6 Å². The van der Waals surface area contributed by atoms with Crippen molar-refractivity contribution >= 4 is 10.8 Å². The normalized spacial score (nSPS) is 11.6. The maximum Gasteiger partial charge on any atom is 0.123 e. The number of rotatable bonds is 3. The van der Waals surface area contributed by atoms with Crippen LogP contribution in [0, 0.1) is 11.6 Å². The third kappa shape index (κ3) is 3.11. The number of fused-ring (bicyclic) bond motifs is 3. The largest absolute Gasteiger partial charge is 0.207 e. The molecule has 0 spiro atoms. The molecule has 0 amide bonds. The number of benzene rings is 6. The van der Waals surface area contributed by atoms with Gasteiger partial charge in [0.2, 0.25) is 0 Å². The Morgan fingerprint density at radius 1 is 0.333 bits per heavy atom. The second kappa shape index (κ2) is 8.00. The molecule has 0 N–H and O–H groups in total. The summed E-state index contributed by atoms with van der Waals surface area (Å²) in [5, 5.41) is 2.41. The molecule has 0 nitrogen and oxygen atoms in total. The SMILES string of the molecule is Fc1ccc(-c2cccc(-c3ccc(F)cc3)c2-c2ccc3c4c(cccc24)-c2ccccc2-3)cc1. The third-order valence-corrected chi connectivity index (χ3v) is 7.19. The van der Waals surface area contributed by atoms with E-state index in [0.29, 0.717) is 0 Å². The van der Waals surface area contributed by atoms with E-state index >= 15 is 0 Å². The van der Waals surface area contributed by atoms with Crippen LogP contribution in [0.2, 0.25) is 0 Å². The average Bonchev–Trinajstić information content (AvgIpc) is 3.25. The fraction of sp³-hybridized carbons (Fsp3) is 0. The molecule has 7 rings (SSSR count). The van der Waals surface area contributed by atoms with Crippen molar-refractivity contribution in [1.82, 2.24) is 0 Å². The first-order chi connectivity index (χ1) is 17.7. The van der Waals surface area contributed by atoms with Gasteiger partial charge in [0.1, 0.15) is 11.6 Å². The van der Waals surface area contributed by atoms with Gasteiger partial charge in [-0.15, -0.1) is 0 Å². The van der Waals surface area contributed by atoms with E-state index in [1.165, 1.54) is 57.3 Å². The first kappa shape index (κ1) is 20.8. The Labute approximate surface area is 208 Å². The Morgan fingerprint density at radius 3 is 1.36 bits per heavy atom. The fourth-order valence-corrected chi connectivity index (χ4v) is 5.61. The molecule has 0 fully saturated rings. The molecular weight excluding hydrogens is 446 g/mol. The van der Waals surface area contributed by atoms with Crippen molar-refractivity contribution < 1.29 is 8.78 Å². The minimum atomic E-state index is -0.266. The van der Waals surface area contributed by atoms with E-state index in [1.54, 1.807) is 0 Å². The van der Waals surface area contributed by atoms with Crippen molar-refractivity contribution in [2.24, 2.45) is 0 Å². The summed E-state index contributed by atoms with van der Waals surface area (Å²) in [6.07, 6.45) is 0. The van der Waals surface area contributed by atoms with Crippen molar-refractivity contribution in [2.45, 2.75) is 0 Å². The molecule has 0 saturated carbocycles. The molecule has 6 aromatic carbocycles. The van der Waals surface area contributed by atoms with Crippen LogP contribution >= 0.6 is 0 Å². The monoisotopic (exact) mass is 466 g/mol. The molecule has 0 bridgehead atoms. The van der Waals surface area contributed by atoms with Crippen molar-refractivity contribution in [1.29, 1.82) is 0 Å². The van der Waals surface area contributed by atoms with Gasteiger partial charge in [0.15, 0.2) is 0 Å². The van der Waals surface area contributed by atoms with E-state index in [2.05, 4.69) is 66.7 Å². The predicted octanol–water partition coefficient (Wildman–Crippen LogP) is 9.77. The molecule has 0 aliphatic heterocycles. The number of halogens is 2. The van der Waals surface area contributed by atoms with Gasteiger partial charge in [-0.25, -0.2) is 8.78 Å².